The van der Waals surface area contributed by atoms with Crippen LogP contribution in [0.15, 0.2) is 30.3 Å². The van der Waals surface area contributed by atoms with Crippen molar-refractivity contribution >= 4 is 5.91 Å². The molecule has 4 nitrogen and oxygen atoms in total. The Hall–Kier alpha value is -1.39. The number of aliphatic hydroxyl groups excluding tert-OH is 1. The lowest BCUT2D eigenvalue weighted by molar-refractivity contribution is -0.119. The molecule has 0 radical (unpaired) electrons. The van der Waals surface area contributed by atoms with Gasteiger partial charge in [-0.15, -0.1) is 0 Å². The Morgan fingerprint density at radius 2 is 2.17 bits per heavy atom. The van der Waals surface area contributed by atoms with Crippen molar-refractivity contribution < 1.29 is 9.90 Å². The average molecular weight is 248 g/mol. The molecule has 4 heteroatoms. The van der Waals surface area contributed by atoms with Crippen LogP contribution in [0, 0.1) is 0 Å². The molecule has 0 unspecified atom stereocenters. The Morgan fingerprint density at radius 3 is 2.78 bits per heavy atom. The summed E-state index contributed by atoms with van der Waals surface area (Å²) < 4.78 is 0. The maximum atomic E-state index is 11.1. The number of hydrogen-bond acceptors (Lipinski definition) is 3. The van der Waals surface area contributed by atoms with Crippen LogP contribution in [-0.2, 0) is 4.79 Å². The van der Waals surface area contributed by atoms with Crippen LogP contribution in [0.5, 0.6) is 0 Å². The molecule has 0 aromatic heterocycles. The number of hydrogen-bond donors (Lipinski definition) is 3. The van der Waals surface area contributed by atoms with Crippen LogP contribution in [0.25, 0.3) is 0 Å². The number of nitrogens with one attached hydrogen (secondary N) is 2. The van der Waals surface area contributed by atoms with Crippen molar-refractivity contribution in [2.45, 2.75) is 31.3 Å². The molecular weight excluding hydrogens is 228 g/mol. The van der Waals surface area contributed by atoms with Gasteiger partial charge in [0, 0.05) is 31.7 Å². The van der Waals surface area contributed by atoms with Gasteiger partial charge in [-0.25, -0.2) is 0 Å². The molecule has 1 aromatic carbocycles. The fourth-order valence-corrected chi connectivity index (χ4v) is 2.32. The second kappa shape index (κ2) is 6.52. The number of amides is 1. The lowest BCUT2D eigenvalue weighted by atomic mass is 10.0. The summed E-state index contributed by atoms with van der Waals surface area (Å²) in [5.74, 6) is 0.139. The standard InChI is InChI=1S/C14H20N2O2/c17-9-8-13(11-4-2-1-3-5-11)15-10-12-6-7-14(18)16-12/h1-5,12-13,15,17H,6-10H2,(H,16,18)/t12-,13-/m1/s1. The Kier molecular flexibility index (Phi) is 4.73. The average Bonchev–Trinajstić information content (AvgIpc) is 2.81. The quantitative estimate of drug-likeness (QED) is 0.703. The van der Waals surface area contributed by atoms with Gasteiger partial charge >= 0.3 is 0 Å². The molecule has 98 valence electrons. The van der Waals surface area contributed by atoms with Gasteiger partial charge in [-0.2, -0.15) is 0 Å². The molecule has 1 fully saturated rings. The van der Waals surface area contributed by atoms with E-state index in [1.165, 1.54) is 5.56 Å². The predicted molar refractivity (Wildman–Crippen MR) is 70.1 cm³/mol. The molecule has 0 aliphatic carbocycles. The van der Waals surface area contributed by atoms with Gasteiger partial charge in [-0.05, 0) is 18.4 Å². The van der Waals surface area contributed by atoms with Crippen LogP contribution in [0.3, 0.4) is 0 Å². The van der Waals surface area contributed by atoms with Gasteiger partial charge in [-0.3, -0.25) is 4.79 Å². The summed E-state index contributed by atoms with van der Waals surface area (Å²) in [6, 6.07) is 10.5. The second-order valence-electron chi connectivity index (χ2n) is 4.69. The molecule has 1 amide bonds. The largest absolute Gasteiger partial charge is 0.396 e. The van der Waals surface area contributed by atoms with E-state index in [2.05, 4.69) is 22.8 Å². The molecule has 0 bridgehead atoms. The van der Waals surface area contributed by atoms with Gasteiger partial charge in [0.1, 0.15) is 0 Å². The van der Waals surface area contributed by atoms with Crippen molar-refractivity contribution in [1.29, 1.82) is 0 Å². The number of carbonyl (C=O) groups is 1. The summed E-state index contributed by atoms with van der Waals surface area (Å²) in [4.78, 5) is 11.1. The molecule has 0 saturated carbocycles. The van der Waals surface area contributed by atoms with Gasteiger partial charge in [-0.1, -0.05) is 30.3 Å². The van der Waals surface area contributed by atoms with Gasteiger partial charge in [0.05, 0.1) is 0 Å². The van der Waals surface area contributed by atoms with Crippen LogP contribution in [0.4, 0.5) is 0 Å². The molecule has 1 saturated heterocycles. The summed E-state index contributed by atoms with van der Waals surface area (Å²) in [7, 11) is 0. The summed E-state index contributed by atoms with van der Waals surface area (Å²) >= 11 is 0. The van der Waals surface area contributed by atoms with Gasteiger partial charge in [0.2, 0.25) is 5.91 Å². The molecule has 1 aromatic rings. The van der Waals surface area contributed by atoms with E-state index in [9.17, 15) is 4.79 Å². The van der Waals surface area contributed by atoms with Crippen molar-refractivity contribution in [3.05, 3.63) is 35.9 Å². The van der Waals surface area contributed by atoms with Crippen LogP contribution < -0.4 is 10.6 Å². The van der Waals surface area contributed by atoms with Crippen LogP contribution in [0.1, 0.15) is 30.9 Å². The first-order valence-electron chi connectivity index (χ1n) is 6.48. The first kappa shape index (κ1) is 13.1. The molecule has 18 heavy (non-hydrogen) atoms. The first-order valence-corrected chi connectivity index (χ1v) is 6.48. The Balaban J connectivity index is 1.88. The van der Waals surface area contributed by atoms with Crippen molar-refractivity contribution in [1.82, 2.24) is 10.6 Å². The minimum absolute atomic E-state index is 0.139. The van der Waals surface area contributed by atoms with E-state index in [0.29, 0.717) is 12.8 Å². The van der Waals surface area contributed by atoms with Crippen molar-refractivity contribution in [3.63, 3.8) is 0 Å². The smallest absolute Gasteiger partial charge is 0.220 e. The third-order valence-corrected chi connectivity index (χ3v) is 3.32. The number of aliphatic hydroxyl groups is 1. The zero-order valence-corrected chi connectivity index (χ0v) is 10.4. The fraction of sp³-hybridized carbons (Fsp3) is 0.500. The zero-order chi connectivity index (χ0) is 12.8. The number of carbonyl (C=O) groups excluding carboxylic acids is 1. The molecule has 0 spiro atoms. The third kappa shape index (κ3) is 3.55. The molecule has 3 N–H and O–H groups in total. The summed E-state index contributed by atoms with van der Waals surface area (Å²) in [6.07, 6.45) is 2.21. The highest BCUT2D eigenvalue weighted by molar-refractivity contribution is 5.78. The fourth-order valence-electron chi connectivity index (χ4n) is 2.32. The van der Waals surface area contributed by atoms with Crippen molar-refractivity contribution in [2.75, 3.05) is 13.2 Å². The Labute approximate surface area is 107 Å². The second-order valence-corrected chi connectivity index (χ2v) is 4.69. The molecule has 1 heterocycles. The molecule has 1 aliphatic heterocycles. The van der Waals surface area contributed by atoms with Crippen molar-refractivity contribution in [2.24, 2.45) is 0 Å². The highest BCUT2D eigenvalue weighted by atomic mass is 16.3. The van der Waals surface area contributed by atoms with E-state index in [1.54, 1.807) is 0 Å². The summed E-state index contributed by atoms with van der Waals surface area (Å²) in [5.41, 5.74) is 1.18. The minimum atomic E-state index is 0.139. The highest BCUT2D eigenvalue weighted by Crippen LogP contribution is 2.16. The SMILES string of the molecule is O=C1CC[C@H](CN[C@H](CCO)c2ccccc2)N1. The molecule has 1 aliphatic rings. The molecular formula is C14H20N2O2. The van der Waals surface area contributed by atoms with E-state index in [4.69, 9.17) is 5.11 Å². The van der Waals surface area contributed by atoms with E-state index in [0.717, 1.165) is 13.0 Å². The topological polar surface area (TPSA) is 61.4 Å². The Morgan fingerprint density at radius 1 is 1.39 bits per heavy atom. The molecule has 2 rings (SSSR count). The predicted octanol–water partition coefficient (Wildman–Crippen LogP) is 0.978. The lowest BCUT2D eigenvalue weighted by Crippen LogP contribution is -2.37. The van der Waals surface area contributed by atoms with E-state index >= 15 is 0 Å². The van der Waals surface area contributed by atoms with Gasteiger partial charge in [0.25, 0.3) is 0 Å². The van der Waals surface area contributed by atoms with Gasteiger partial charge < -0.3 is 15.7 Å². The van der Waals surface area contributed by atoms with E-state index < -0.39 is 0 Å². The first-order chi connectivity index (χ1) is 8.79. The number of rotatable bonds is 6. The normalized spacial score (nSPS) is 20.7. The minimum Gasteiger partial charge on any atom is -0.396 e. The summed E-state index contributed by atoms with van der Waals surface area (Å²) in [6.45, 7) is 0.912. The monoisotopic (exact) mass is 248 g/mol. The van der Waals surface area contributed by atoms with Crippen molar-refractivity contribution in [3.8, 4) is 0 Å². The summed E-state index contributed by atoms with van der Waals surface area (Å²) in [5, 5.41) is 15.5. The Bertz CT molecular complexity index is 381. The van der Waals surface area contributed by atoms with Crippen LogP contribution >= 0.6 is 0 Å². The van der Waals surface area contributed by atoms with Crippen LogP contribution in [-0.4, -0.2) is 30.2 Å². The van der Waals surface area contributed by atoms with E-state index in [1.807, 2.05) is 18.2 Å². The van der Waals surface area contributed by atoms with Crippen LogP contribution in [0.2, 0.25) is 0 Å². The maximum absolute atomic E-state index is 11.1. The third-order valence-electron chi connectivity index (χ3n) is 3.32. The highest BCUT2D eigenvalue weighted by Gasteiger charge is 2.21. The zero-order valence-electron chi connectivity index (χ0n) is 10.4. The van der Waals surface area contributed by atoms with Gasteiger partial charge in [0.15, 0.2) is 0 Å². The molecule has 2 atom stereocenters. The van der Waals surface area contributed by atoms with E-state index in [-0.39, 0.29) is 24.6 Å². The number of benzene rings is 1. The maximum Gasteiger partial charge on any atom is 0.220 e. The lowest BCUT2D eigenvalue weighted by Gasteiger charge is -2.20.